The van der Waals surface area contributed by atoms with Crippen molar-refractivity contribution >= 4 is 5.97 Å². The van der Waals surface area contributed by atoms with Crippen molar-refractivity contribution in [3.05, 3.63) is 120 Å². The summed E-state index contributed by atoms with van der Waals surface area (Å²) < 4.78 is 16.8. The van der Waals surface area contributed by atoms with Crippen LogP contribution in [0.25, 0.3) is 22.6 Å². The lowest BCUT2D eigenvalue weighted by molar-refractivity contribution is 0.0354. The molecule has 0 saturated carbocycles. The van der Waals surface area contributed by atoms with E-state index in [2.05, 4.69) is 10.3 Å². The minimum atomic E-state index is -0.764. The number of hydrogen-bond acceptors (Lipinski definition) is 6. The van der Waals surface area contributed by atoms with E-state index in [9.17, 15) is 4.79 Å². The van der Waals surface area contributed by atoms with E-state index in [-0.39, 0.29) is 5.69 Å². The number of nitrogens with zero attached hydrogens (tertiary/aromatic N) is 2. The van der Waals surface area contributed by atoms with Gasteiger partial charge < -0.3 is 13.8 Å². The van der Waals surface area contributed by atoms with Crippen molar-refractivity contribution in [3.8, 4) is 22.6 Å². The molecule has 0 bridgehead atoms. The lowest BCUT2D eigenvalue weighted by Gasteiger charge is -2.15. The maximum absolute atomic E-state index is 13.0. The Bertz CT molecular complexity index is 1360. The topological polar surface area (TPSA) is 78.4 Å². The summed E-state index contributed by atoms with van der Waals surface area (Å²) in [6.07, 6.45) is -0.764. The number of rotatable bonds is 6. The number of carbonyl (C=O) groups is 1. The van der Waals surface area contributed by atoms with Crippen LogP contribution in [0.5, 0.6) is 0 Å². The predicted octanol–water partition coefficient (Wildman–Crippen LogP) is 6.25. The van der Waals surface area contributed by atoms with Crippen molar-refractivity contribution in [1.29, 1.82) is 0 Å². The predicted molar refractivity (Wildman–Crippen MR) is 122 cm³/mol. The van der Waals surface area contributed by atoms with Crippen molar-refractivity contribution in [1.82, 2.24) is 10.3 Å². The fourth-order valence-electron chi connectivity index (χ4n) is 3.47. The van der Waals surface area contributed by atoms with Gasteiger partial charge in [-0.15, -0.1) is 0 Å². The van der Waals surface area contributed by atoms with Gasteiger partial charge >= 0.3 is 5.97 Å². The van der Waals surface area contributed by atoms with Crippen LogP contribution in [0.2, 0.25) is 0 Å². The molecule has 0 saturated heterocycles. The van der Waals surface area contributed by atoms with Crippen molar-refractivity contribution in [3.63, 3.8) is 0 Å². The Hall–Kier alpha value is -4.45. The highest BCUT2D eigenvalue weighted by molar-refractivity contribution is 5.88. The summed E-state index contributed by atoms with van der Waals surface area (Å²) in [4.78, 5) is 13.0. The number of hydrogen-bond donors (Lipinski definition) is 0. The van der Waals surface area contributed by atoms with Crippen LogP contribution in [-0.2, 0) is 4.74 Å². The van der Waals surface area contributed by atoms with Gasteiger partial charge in [-0.2, -0.15) is 0 Å². The second-order valence-corrected chi connectivity index (χ2v) is 7.62. The summed E-state index contributed by atoms with van der Waals surface area (Å²) in [6.45, 7) is 2.00. The molecule has 3 aromatic carbocycles. The van der Waals surface area contributed by atoms with Crippen LogP contribution >= 0.6 is 0 Å². The minimum Gasteiger partial charge on any atom is -0.446 e. The van der Waals surface area contributed by atoms with Crippen LogP contribution in [0.1, 0.15) is 33.4 Å². The molecule has 5 rings (SSSR count). The molecular weight excluding hydrogens is 416 g/mol. The number of esters is 1. The van der Waals surface area contributed by atoms with Crippen LogP contribution in [0.15, 0.2) is 106 Å². The second kappa shape index (κ2) is 8.96. The Morgan fingerprint density at radius 2 is 1.36 bits per heavy atom. The zero-order valence-electron chi connectivity index (χ0n) is 17.8. The van der Waals surface area contributed by atoms with Gasteiger partial charge in [-0.1, -0.05) is 101 Å². The molecule has 1 unspecified atom stereocenters. The summed E-state index contributed by atoms with van der Waals surface area (Å²) in [5.74, 6) is 0.465. The summed E-state index contributed by atoms with van der Waals surface area (Å²) in [5.41, 5.74) is 4.17. The first-order valence-corrected chi connectivity index (χ1v) is 10.5. The Morgan fingerprint density at radius 1 is 0.758 bits per heavy atom. The maximum Gasteiger partial charge on any atom is 0.361 e. The monoisotopic (exact) mass is 436 g/mol. The van der Waals surface area contributed by atoms with Crippen LogP contribution < -0.4 is 0 Å². The Morgan fingerprint density at radius 3 is 2.09 bits per heavy atom. The first-order chi connectivity index (χ1) is 16.2. The van der Waals surface area contributed by atoms with Gasteiger partial charge in [0.1, 0.15) is 5.69 Å². The van der Waals surface area contributed by atoms with Gasteiger partial charge in [0.05, 0.1) is 0 Å². The zero-order chi connectivity index (χ0) is 22.6. The van der Waals surface area contributed by atoms with Gasteiger partial charge in [0.25, 0.3) is 0 Å². The largest absolute Gasteiger partial charge is 0.446 e. The SMILES string of the molecule is Cc1ccc(-c2cc(C(=O)OC(c3ccccc3)c3cc(-c4ccccc4)on3)no2)cc1. The van der Waals surface area contributed by atoms with Gasteiger partial charge in [-0.05, 0) is 12.5 Å². The molecule has 1 atom stereocenters. The summed E-state index contributed by atoms with van der Waals surface area (Å²) in [6, 6.07) is 30.1. The third kappa shape index (κ3) is 4.45. The third-order valence-electron chi connectivity index (χ3n) is 5.24. The van der Waals surface area contributed by atoms with Crippen molar-refractivity contribution in [2.24, 2.45) is 0 Å². The molecule has 2 aromatic heterocycles. The normalized spacial score (nSPS) is 11.8. The number of carbonyl (C=O) groups excluding carboxylic acids is 1. The molecule has 0 N–H and O–H groups in total. The highest BCUT2D eigenvalue weighted by Gasteiger charge is 2.26. The third-order valence-corrected chi connectivity index (χ3v) is 5.24. The molecule has 6 nitrogen and oxygen atoms in total. The van der Waals surface area contributed by atoms with Crippen LogP contribution in [0.3, 0.4) is 0 Å². The van der Waals surface area contributed by atoms with Crippen LogP contribution in [-0.4, -0.2) is 16.3 Å². The van der Waals surface area contributed by atoms with Gasteiger partial charge in [0.2, 0.25) is 0 Å². The summed E-state index contributed by atoms with van der Waals surface area (Å²) >= 11 is 0. The maximum atomic E-state index is 13.0. The van der Waals surface area contributed by atoms with Gasteiger partial charge in [-0.3, -0.25) is 0 Å². The van der Waals surface area contributed by atoms with E-state index < -0.39 is 12.1 Å². The lowest BCUT2D eigenvalue weighted by atomic mass is 10.1. The highest BCUT2D eigenvalue weighted by atomic mass is 16.6. The zero-order valence-corrected chi connectivity index (χ0v) is 17.8. The molecule has 0 fully saturated rings. The average molecular weight is 436 g/mol. The standard InChI is InChI=1S/C27H20N2O4/c1-18-12-14-20(15-13-18)25-17-23(29-33-25)27(30)31-26(21-10-6-3-7-11-21)22-16-24(32-28-22)19-8-4-2-5-9-19/h2-17,26H,1H3. The minimum absolute atomic E-state index is 0.0817. The van der Waals surface area contributed by atoms with Crippen LogP contribution in [0.4, 0.5) is 0 Å². The average Bonchev–Trinajstić information content (AvgIpc) is 3.55. The van der Waals surface area contributed by atoms with Crippen molar-refractivity contribution in [2.75, 3.05) is 0 Å². The second-order valence-electron chi connectivity index (χ2n) is 7.62. The van der Waals surface area contributed by atoms with E-state index in [1.807, 2.05) is 91.9 Å². The fraction of sp³-hybridized carbons (Fsp3) is 0.0741. The van der Waals surface area contributed by atoms with E-state index in [4.69, 9.17) is 13.8 Å². The molecule has 33 heavy (non-hydrogen) atoms. The summed E-state index contributed by atoms with van der Waals surface area (Å²) in [5, 5.41) is 8.10. The van der Waals surface area contributed by atoms with E-state index in [1.54, 1.807) is 12.1 Å². The van der Waals surface area contributed by atoms with Crippen molar-refractivity contribution < 1.29 is 18.6 Å². The first-order valence-electron chi connectivity index (χ1n) is 10.5. The van der Waals surface area contributed by atoms with Gasteiger partial charge in [0.15, 0.2) is 23.3 Å². The molecule has 6 heteroatoms. The molecule has 0 aliphatic heterocycles. The molecule has 0 aliphatic carbocycles. The quantitative estimate of drug-likeness (QED) is 0.293. The van der Waals surface area contributed by atoms with Crippen molar-refractivity contribution in [2.45, 2.75) is 13.0 Å². The fourth-order valence-corrected chi connectivity index (χ4v) is 3.47. The Labute approximate surface area is 190 Å². The van der Waals surface area contributed by atoms with E-state index >= 15 is 0 Å². The number of benzene rings is 3. The highest BCUT2D eigenvalue weighted by Crippen LogP contribution is 2.30. The molecule has 0 radical (unpaired) electrons. The summed E-state index contributed by atoms with van der Waals surface area (Å²) in [7, 11) is 0. The Balaban J connectivity index is 1.42. The molecule has 5 aromatic rings. The number of ether oxygens (including phenoxy) is 1. The Kier molecular flexibility index (Phi) is 5.55. The molecular formula is C27H20N2O4. The molecule has 2 heterocycles. The van der Waals surface area contributed by atoms with E-state index in [0.717, 1.165) is 22.3 Å². The lowest BCUT2D eigenvalue weighted by Crippen LogP contribution is -2.13. The number of aryl methyl sites for hydroxylation is 1. The van der Waals surface area contributed by atoms with E-state index in [1.165, 1.54) is 0 Å². The number of aromatic nitrogens is 2. The molecule has 0 aliphatic rings. The molecule has 162 valence electrons. The van der Waals surface area contributed by atoms with E-state index in [0.29, 0.717) is 17.2 Å². The molecule has 0 amide bonds. The smallest absolute Gasteiger partial charge is 0.361 e. The first kappa shape index (κ1) is 20.5. The van der Waals surface area contributed by atoms with Gasteiger partial charge in [-0.25, -0.2) is 4.79 Å². The molecule has 0 spiro atoms. The van der Waals surface area contributed by atoms with Crippen LogP contribution in [0, 0.1) is 6.92 Å². The van der Waals surface area contributed by atoms with Gasteiger partial charge in [0, 0.05) is 23.3 Å².